The van der Waals surface area contributed by atoms with Crippen LogP contribution in [0.3, 0.4) is 0 Å². The van der Waals surface area contributed by atoms with Gasteiger partial charge in [-0.1, -0.05) is 85.5 Å². The zero-order valence-electron chi connectivity index (χ0n) is 16.5. The Morgan fingerprint density at radius 2 is 1.08 bits per heavy atom. The van der Waals surface area contributed by atoms with Crippen molar-refractivity contribution < 1.29 is 18.9 Å². The van der Waals surface area contributed by atoms with Crippen LogP contribution in [0.5, 0.6) is 0 Å². The van der Waals surface area contributed by atoms with Crippen molar-refractivity contribution in [1.82, 2.24) is 4.90 Å². The number of hydrogen-bond donors (Lipinski definition) is 2. The quantitative estimate of drug-likeness (QED) is 0.301. The fourth-order valence-corrected chi connectivity index (χ4v) is 2.81. The molecule has 2 N–H and O–H groups in total. The Labute approximate surface area is 150 Å². The molecule has 0 unspecified atom stereocenters. The molecule has 0 rings (SSSR count). The zero-order chi connectivity index (χ0) is 18.7. The fraction of sp³-hybridized carbons (Fsp3) is 1.00. The van der Waals surface area contributed by atoms with Crippen LogP contribution in [-0.4, -0.2) is 40.9 Å². The molecule has 0 spiro atoms. The highest BCUT2D eigenvalue weighted by Gasteiger charge is 2.12. The second-order valence-corrected chi connectivity index (χ2v) is 7.36. The van der Waals surface area contributed by atoms with E-state index in [0.717, 1.165) is 19.3 Å². The summed E-state index contributed by atoms with van der Waals surface area (Å²) in [7, 11) is -4.24. The van der Waals surface area contributed by atoms with Crippen molar-refractivity contribution in [3.05, 3.63) is 0 Å². The molecule has 6 heteroatoms. The first-order valence-electron chi connectivity index (χ1n) is 9.83. The highest BCUT2D eigenvalue weighted by atomic mass is 31.2. The van der Waals surface area contributed by atoms with Gasteiger partial charge in [-0.3, -0.25) is 4.52 Å². The fourth-order valence-electron chi connectivity index (χ4n) is 2.44. The van der Waals surface area contributed by atoms with Gasteiger partial charge < -0.3 is 14.7 Å². The van der Waals surface area contributed by atoms with Crippen LogP contribution >= 0.6 is 7.82 Å². The van der Waals surface area contributed by atoms with E-state index in [0.29, 0.717) is 0 Å². The number of phosphoric ester groups is 1. The van der Waals surface area contributed by atoms with Gasteiger partial charge in [-0.25, -0.2) is 4.57 Å². The Morgan fingerprint density at radius 1 is 0.708 bits per heavy atom. The molecule has 0 aromatic heterocycles. The summed E-state index contributed by atoms with van der Waals surface area (Å²) in [5.41, 5.74) is 0. The number of rotatable bonds is 15. The van der Waals surface area contributed by atoms with Gasteiger partial charge in [0.25, 0.3) is 0 Å². The van der Waals surface area contributed by atoms with E-state index in [1.54, 1.807) is 0 Å². The number of nitrogens with zero attached hydrogens (tertiary/aromatic N) is 1. The summed E-state index contributed by atoms with van der Waals surface area (Å²) in [5.74, 6) is 0. The van der Waals surface area contributed by atoms with Gasteiger partial charge in [0.15, 0.2) is 0 Å². The molecule has 0 fully saturated rings. The van der Waals surface area contributed by atoms with E-state index < -0.39 is 7.82 Å². The molecule has 0 aromatic carbocycles. The third-order valence-corrected chi connectivity index (χ3v) is 4.62. The minimum atomic E-state index is -4.24. The standard InChI is InChI=1S/C12H27O4P.C6H15N/c1-2-3-4-5-6-7-8-9-10-11-12-16-17(13,14)15;1-4-7(5-2)6-3/h2-12H2,1H3,(H2,13,14,15);4-6H2,1-3H3. The first-order chi connectivity index (χ1) is 11.4. The lowest BCUT2D eigenvalue weighted by Crippen LogP contribution is -2.21. The van der Waals surface area contributed by atoms with E-state index in [-0.39, 0.29) is 6.61 Å². The molecule has 0 radical (unpaired) electrons. The highest BCUT2D eigenvalue weighted by molar-refractivity contribution is 7.46. The summed E-state index contributed by atoms with van der Waals surface area (Å²) in [6, 6.07) is 0. The molecular formula is C18H42NO4P. The highest BCUT2D eigenvalue weighted by Crippen LogP contribution is 2.35. The van der Waals surface area contributed by atoms with Crippen LogP contribution in [0, 0.1) is 0 Å². The van der Waals surface area contributed by atoms with Crippen LogP contribution in [0.2, 0.25) is 0 Å². The van der Waals surface area contributed by atoms with E-state index in [1.165, 1.54) is 64.6 Å². The minimum Gasteiger partial charge on any atom is -0.304 e. The molecule has 0 saturated heterocycles. The van der Waals surface area contributed by atoms with Crippen molar-refractivity contribution in [3.8, 4) is 0 Å². The topological polar surface area (TPSA) is 70.0 Å². The van der Waals surface area contributed by atoms with E-state index in [1.807, 2.05) is 0 Å². The van der Waals surface area contributed by atoms with E-state index in [2.05, 4.69) is 37.1 Å². The molecule has 148 valence electrons. The molecule has 0 bridgehead atoms. The zero-order valence-corrected chi connectivity index (χ0v) is 17.4. The first kappa shape index (κ1) is 26.3. The van der Waals surface area contributed by atoms with Crippen molar-refractivity contribution >= 4 is 7.82 Å². The summed E-state index contributed by atoms with van der Waals surface area (Å²) in [6.45, 7) is 12.5. The van der Waals surface area contributed by atoms with E-state index in [4.69, 9.17) is 9.79 Å². The number of hydrogen-bond acceptors (Lipinski definition) is 3. The Morgan fingerprint density at radius 3 is 1.38 bits per heavy atom. The summed E-state index contributed by atoms with van der Waals surface area (Å²) in [4.78, 5) is 19.3. The molecule has 0 heterocycles. The van der Waals surface area contributed by atoms with Crippen molar-refractivity contribution in [2.75, 3.05) is 26.2 Å². The first-order valence-corrected chi connectivity index (χ1v) is 11.4. The van der Waals surface area contributed by atoms with Crippen molar-refractivity contribution in [1.29, 1.82) is 0 Å². The van der Waals surface area contributed by atoms with Crippen LogP contribution in [0.4, 0.5) is 0 Å². The van der Waals surface area contributed by atoms with E-state index in [9.17, 15) is 4.57 Å². The van der Waals surface area contributed by atoms with Crippen molar-refractivity contribution in [2.24, 2.45) is 0 Å². The van der Waals surface area contributed by atoms with Crippen LogP contribution in [0.1, 0.15) is 91.9 Å². The lowest BCUT2D eigenvalue weighted by atomic mass is 10.1. The lowest BCUT2D eigenvalue weighted by Gasteiger charge is -2.13. The maximum absolute atomic E-state index is 10.4. The summed E-state index contributed by atoms with van der Waals surface area (Å²) in [5, 5.41) is 0. The molecule has 0 atom stereocenters. The minimum absolute atomic E-state index is 0.167. The third-order valence-electron chi connectivity index (χ3n) is 4.10. The predicted molar refractivity (Wildman–Crippen MR) is 103 cm³/mol. The Hall–Kier alpha value is 0.0700. The SMILES string of the molecule is CCCCCCCCCCCCOP(=O)(O)O.CCN(CC)CC. The lowest BCUT2D eigenvalue weighted by molar-refractivity contribution is 0.193. The molecular weight excluding hydrogens is 325 g/mol. The van der Waals surface area contributed by atoms with Gasteiger partial charge in [0.2, 0.25) is 0 Å². The molecule has 0 saturated carbocycles. The van der Waals surface area contributed by atoms with Gasteiger partial charge in [-0.05, 0) is 26.1 Å². The molecule has 0 aliphatic heterocycles. The smallest absolute Gasteiger partial charge is 0.304 e. The average Bonchev–Trinajstić information content (AvgIpc) is 2.54. The normalized spacial score (nSPS) is 11.5. The predicted octanol–water partition coefficient (Wildman–Crippen LogP) is 5.36. The average molecular weight is 368 g/mol. The molecule has 24 heavy (non-hydrogen) atoms. The van der Waals surface area contributed by atoms with Crippen LogP contribution in [0.25, 0.3) is 0 Å². The molecule has 0 amide bonds. The van der Waals surface area contributed by atoms with Crippen molar-refractivity contribution in [2.45, 2.75) is 91.9 Å². The van der Waals surface area contributed by atoms with Gasteiger partial charge in [-0.15, -0.1) is 0 Å². The largest absolute Gasteiger partial charge is 0.469 e. The Balaban J connectivity index is 0. The Kier molecular flexibility index (Phi) is 21.3. The molecule has 5 nitrogen and oxygen atoms in total. The number of phosphoric acid groups is 1. The summed E-state index contributed by atoms with van der Waals surface area (Å²) in [6.07, 6.45) is 12.0. The molecule has 0 aliphatic carbocycles. The summed E-state index contributed by atoms with van der Waals surface area (Å²) < 4.78 is 14.7. The van der Waals surface area contributed by atoms with Crippen LogP contribution in [-0.2, 0) is 9.09 Å². The van der Waals surface area contributed by atoms with Gasteiger partial charge in [0, 0.05) is 0 Å². The second-order valence-electron chi connectivity index (χ2n) is 6.13. The monoisotopic (exact) mass is 367 g/mol. The van der Waals surface area contributed by atoms with Gasteiger partial charge in [0.1, 0.15) is 0 Å². The molecule has 0 aliphatic rings. The van der Waals surface area contributed by atoms with Crippen LogP contribution in [0.15, 0.2) is 0 Å². The maximum atomic E-state index is 10.4. The third kappa shape index (κ3) is 24.3. The van der Waals surface area contributed by atoms with E-state index >= 15 is 0 Å². The molecule has 0 aromatic rings. The van der Waals surface area contributed by atoms with Crippen molar-refractivity contribution in [3.63, 3.8) is 0 Å². The number of unbranched alkanes of at least 4 members (excludes halogenated alkanes) is 9. The van der Waals surface area contributed by atoms with Gasteiger partial charge >= 0.3 is 7.82 Å². The second kappa shape index (κ2) is 19.4. The van der Waals surface area contributed by atoms with Gasteiger partial charge in [-0.2, -0.15) is 0 Å². The van der Waals surface area contributed by atoms with Gasteiger partial charge in [0.05, 0.1) is 6.61 Å². The Bertz CT molecular complexity index is 275. The maximum Gasteiger partial charge on any atom is 0.469 e. The summed E-state index contributed by atoms with van der Waals surface area (Å²) >= 11 is 0. The van der Waals surface area contributed by atoms with Crippen LogP contribution < -0.4 is 0 Å².